The summed E-state index contributed by atoms with van der Waals surface area (Å²) in [7, 11) is 1.66. The number of ether oxygens (including phenoxy) is 1. The van der Waals surface area contributed by atoms with Gasteiger partial charge in [0.1, 0.15) is 0 Å². The SMILES string of the molecule is COc1cccc(C2C(CN)CCCN2C(C)C)n1. The Morgan fingerprint density at radius 1 is 1.47 bits per heavy atom. The quantitative estimate of drug-likeness (QED) is 0.905. The van der Waals surface area contributed by atoms with Gasteiger partial charge < -0.3 is 10.5 Å². The third-order valence-electron chi connectivity index (χ3n) is 4.02. The van der Waals surface area contributed by atoms with Crippen LogP contribution in [0, 0.1) is 5.92 Å². The van der Waals surface area contributed by atoms with Gasteiger partial charge in [0.2, 0.25) is 5.88 Å². The van der Waals surface area contributed by atoms with Crippen molar-refractivity contribution < 1.29 is 4.74 Å². The summed E-state index contributed by atoms with van der Waals surface area (Å²) in [5.74, 6) is 1.17. The molecule has 0 bridgehead atoms. The summed E-state index contributed by atoms with van der Waals surface area (Å²) in [5.41, 5.74) is 7.06. The van der Waals surface area contributed by atoms with Crippen molar-refractivity contribution in [3.05, 3.63) is 23.9 Å². The van der Waals surface area contributed by atoms with E-state index in [1.54, 1.807) is 7.11 Å². The second-order valence-electron chi connectivity index (χ2n) is 5.52. The van der Waals surface area contributed by atoms with Crippen LogP contribution in [0.4, 0.5) is 0 Å². The Morgan fingerprint density at radius 3 is 2.89 bits per heavy atom. The Kier molecular flexibility index (Phi) is 4.77. The number of aromatic nitrogens is 1. The molecule has 1 aliphatic heterocycles. The number of methoxy groups -OCH3 is 1. The van der Waals surface area contributed by atoms with Crippen LogP contribution in [0.3, 0.4) is 0 Å². The van der Waals surface area contributed by atoms with E-state index in [1.807, 2.05) is 12.1 Å². The van der Waals surface area contributed by atoms with Gasteiger partial charge in [-0.2, -0.15) is 0 Å². The highest BCUT2D eigenvalue weighted by molar-refractivity contribution is 5.19. The fourth-order valence-electron chi connectivity index (χ4n) is 3.05. The Labute approximate surface area is 116 Å². The molecule has 106 valence electrons. The molecular weight excluding hydrogens is 238 g/mol. The molecule has 0 amide bonds. The monoisotopic (exact) mass is 263 g/mol. The molecule has 1 aromatic heterocycles. The van der Waals surface area contributed by atoms with Crippen LogP contribution >= 0.6 is 0 Å². The van der Waals surface area contributed by atoms with Gasteiger partial charge in [-0.25, -0.2) is 4.98 Å². The molecule has 0 saturated carbocycles. The van der Waals surface area contributed by atoms with Crippen LogP contribution in [-0.2, 0) is 0 Å². The summed E-state index contributed by atoms with van der Waals surface area (Å²) in [6.07, 6.45) is 2.41. The normalized spacial score (nSPS) is 24.7. The van der Waals surface area contributed by atoms with Gasteiger partial charge in [0.05, 0.1) is 18.8 Å². The molecule has 1 fully saturated rings. The van der Waals surface area contributed by atoms with Crippen LogP contribution < -0.4 is 10.5 Å². The van der Waals surface area contributed by atoms with Crippen molar-refractivity contribution >= 4 is 0 Å². The van der Waals surface area contributed by atoms with E-state index >= 15 is 0 Å². The molecule has 0 spiro atoms. The zero-order valence-electron chi connectivity index (χ0n) is 12.2. The summed E-state index contributed by atoms with van der Waals surface area (Å²) >= 11 is 0. The van der Waals surface area contributed by atoms with Gasteiger partial charge in [-0.15, -0.1) is 0 Å². The van der Waals surface area contributed by atoms with Crippen molar-refractivity contribution in [2.75, 3.05) is 20.2 Å². The number of nitrogens with two attached hydrogens (primary N) is 1. The molecule has 2 heterocycles. The van der Waals surface area contributed by atoms with Crippen molar-refractivity contribution in [1.82, 2.24) is 9.88 Å². The van der Waals surface area contributed by atoms with Gasteiger partial charge in [-0.05, 0) is 51.8 Å². The van der Waals surface area contributed by atoms with Crippen molar-refractivity contribution in [1.29, 1.82) is 0 Å². The maximum atomic E-state index is 5.98. The van der Waals surface area contributed by atoms with Gasteiger partial charge in [-0.3, -0.25) is 4.90 Å². The molecule has 0 aliphatic carbocycles. The average Bonchev–Trinajstić information content (AvgIpc) is 2.46. The molecule has 2 N–H and O–H groups in total. The first-order chi connectivity index (χ1) is 9.17. The standard InChI is InChI=1S/C15H25N3O/c1-11(2)18-9-5-6-12(10-16)15(18)13-7-4-8-14(17-13)19-3/h4,7-8,11-12,15H,5-6,9-10,16H2,1-3H3. The van der Waals surface area contributed by atoms with Gasteiger partial charge in [0, 0.05) is 12.1 Å². The number of rotatable bonds is 4. The highest BCUT2D eigenvalue weighted by Gasteiger charge is 2.34. The first-order valence-corrected chi connectivity index (χ1v) is 7.14. The number of hydrogen-bond donors (Lipinski definition) is 1. The second kappa shape index (κ2) is 6.35. The number of likely N-dealkylation sites (tertiary alicyclic amines) is 1. The van der Waals surface area contributed by atoms with Gasteiger partial charge >= 0.3 is 0 Å². The summed E-state index contributed by atoms with van der Waals surface area (Å²) in [6, 6.07) is 6.82. The Hall–Kier alpha value is -1.13. The van der Waals surface area contributed by atoms with E-state index in [0.717, 1.165) is 12.2 Å². The minimum atomic E-state index is 0.314. The highest BCUT2D eigenvalue weighted by Crippen LogP contribution is 2.36. The van der Waals surface area contributed by atoms with Crippen LogP contribution in [0.5, 0.6) is 5.88 Å². The van der Waals surface area contributed by atoms with Crippen molar-refractivity contribution in [2.24, 2.45) is 11.7 Å². The Balaban J connectivity index is 2.33. The predicted molar refractivity (Wildman–Crippen MR) is 77.2 cm³/mol. The van der Waals surface area contributed by atoms with Gasteiger partial charge in [0.15, 0.2) is 0 Å². The zero-order chi connectivity index (χ0) is 13.8. The first-order valence-electron chi connectivity index (χ1n) is 7.14. The largest absolute Gasteiger partial charge is 0.481 e. The number of piperidine rings is 1. The lowest BCUT2D eigenvalue weighted by molar-refractivity contribution is 0.0635. The molecule has 2 atom stereocenters. The van der Waals surface area contributed by atoms with Gasteiger partial charge in [0.25, 0.3) is 0 Å². The minimum Gasteiger partial charge on any atom is -0.481 e. The van der Waals surface area contributed by atoms with Gasteiger partial charge in [-0.1, -0.05) is 6.07 Å². The fraction of sp³-hybridized carbons (Fsp3) is 0.667. The molecule has 2 rings (SSSR count). The Bertz CT molecular complexity index is 408. The molecule has 1 saturated heterocycles. The average molecular weight is 263 g/mol. The van der Waals surface area contributed by atoms with Crippen LogP contribution in [0.1, 0.15) is 38.4 Å². The van der Waals surface area contributed by atoms with E-state index in [-0.39, 0.29) is 0 Å². The molecule has 4 heteroatoms. The molecular formula is C15H25N3O. The zero-order valence-corrected chi connectivity index (χ0v) is 12.2. The maximum absolute atomic E-state index is 5.98. The van der Waals surface area contributed by atoms with Crippen LogP contribution in [0.15, 0.2) is 18.2 Å². The van der Waals surface area contributed by atoms with Crippen LogP contribution in [-0.4, -0.2) is 36.1 Å². The van der Waals surface area contributed by atoms with E-state index in [1.165, 1.54) is 12.8 Å². The Morgan fingerprint density at radius 2 is 2.26 bits per heavy atom. The second-order valence-corrected chi connectivity index (χ2v) is 5.52. The smallest absolute Gasteiger partial charge is 0.213 e. The maximum Gasteiger partial charge on any atom is 0.213 e. The molecule has 4 nitrogen and oxygen atoms in total. The molecule has 19 heavy (non-hydrogen) atoms. The van der Waals surface area contributed by atoms with Crippen LogP contribution in [0.2, 0.25) is 0 Å². The summed E-state index contributed by atoms with van der Waals surface area (Å²) < 4.78 is 5.25. The van der Waals surface area contributed by atoms with E-state index in [9.17, 15) is 0 Å². The van der Waals surface area contributed by atoms with E-state index in [2.05, 4.69) is 29.8 Å². The molecule has 0 aromatic carbocycles. The summed E-state index contributed by atoms with van der Waals surface area (Å²) in [5, 5.41) is 0. The third kappa shape index (κ3) is 3.07. The molecule has 2 unspecified atom stereocenters. The predicted octanol–water partition coefficient (Wildman–Crippen LogP) is 2.21. The minimum absolute atomic E-state index is 0.314. The van der Waals surface area contributed by atoms with Crippen molar-refractivity contribution in [2.45, 2.75) is 38.8 Å². The van der Waals surface area contributed by atoms with Crippen LogP contribution in [0.25, 0.3) is 0 Å². The number of pyridine rings is 1. The molecule has 0 radical (unpaired) electrons. The summed E-state index contributed by atoms with van der Waals surface area (Å²) in [6.45, 7) is 6.32. The third-order valence-corrected chi connectivity index (χ3v) is 4.02. The lowest BCUT2D eigenvalue weighted by atomic mass is 9.86. The lowest BCUT2D eigenvalue weighted by Gasteiger charge is -2.43. The van der Waals surface area contributed by atoms with E-state index in [0.29, 0.717) is 30.4 Å². The molecule has 1 aromatic rings. The molecule has 1 aliphatic rings. The summed E-state index contributed by atoms with van der Waals surface area (Å²) in [4.78, 5) is 7.14. The van der Waals surface area contributed by atoms with E-state index < -0.39 is 0 Å². The highest BCUT2D eigenvalue weighted by atomic mass is 16.5. The number of nitrogens with zero attached hydrogens (tertiary/aromatic N) is 2. The van der Waals surface area contributed by atoms with E-state index in [4.69, 9.17) is 10.5 Å². The topological polar surface area (TPSA) is 51.4 Å². The fourth-order valence-corrected chi connectivity index (χ4v) is 3.05. The number of hydrogen-bond acceptors (Lipinski definition) is 4. The van der Waals surface area contributed by atoms with Crippen molar-refractivity contribution in [3.63, 3.8) is 0 Å². The first kappa shape index (κ1) is 14.3. The lowest BCUT2D eigenvalue weighted by Crippen LogP contribution is -2.45. The van der Waals surface area contributed by atoms with Crippen molar-refractivity contribution in [3.8, 4) is 5.88 Å².